The Hall–Kier alpha value is -3.00. The first kappa shape index (κ1) is 19.8. The highest BCUT2D eigenvalue weighted by molar-refractivity contribution is 7.99. The SMILES string of the molecule is O=C(NCc1ccc(C(=O)O)cc1)Nc1cccc(C(=O)N2CCSCC2)c1. The van der Waals surface area contributed by atoms with E-state index in [0.717, 1.165) is 30.2 Å². The number of amides is 3. The van der Waals surface area contributed by atoms with E-state index >= 15 is 0 Å². The Morgan fingerprint density at radius 3 is 2.39 bits per heavy atom. The number of anilines is 1. The quantitative estimate of drug-likeness (QED) is 0.718. The van der Waals surface area contributed by atoms with E-state index in [0.29, 0.717) is 11.3 Å². The Morgan fingerprint density at radius 2 is 1.71 bits per heavy atom. The predicted molar refractivity (Wildman–Crippen MR) is 109 cm³/mol. The maximum atomic E-state index is 12.6. The zero-order valence-electron chi connectivity index (χ0n) is 15.2. The first-order chi connectivity index (χ1) is 13.5. The molecule has 0 saturated carbocycles. The number of carbonyl (C=O) groups excluding carboxylic acids is 2. The molecule has 1 fully saturated rings. The molecule has 0 atom stereocenters. The number of urea groups is 1. The van der Waals surface area contributed by atoms with Gasteiger partial charge in [0.2, 0.25) is 0 Å². The zero-order chi connectivity index (χ0) is 19.9. The highest BCUT2D eigenvalue weighted by atomic mass is 32.2. The van der Waals surface area contributed by atoms with E-state index in [9.17, 15) is 14.4 Å². The second-order valence-electron chi connectivity index (χ2n) is 6.30. The van der Waals surface area contributed by atoms with Crippen LogP contribution in [0.1, 0.15) is 26.3 Å². The van der Waals surface area contributed by atoms with Crippen LogP contribution in [-0.4, -0.2) is 52.5 Å². The molecule has 0 aliphatic carbocycles. The molecule has 3 amide bonds. The summed E-state index contributed by atoms with van der Waals surface area (Å²) < 4.78 is 0. The van der Waals surface area contributed by atoms with E-state index in [1.807, 2.05) is 16.7 Å². The third kappa shape index (κ3) is 5.26. The van der Waals surface area contributed by atoms with Crippen LogP contribution in [0.25, 0.3) is 0 Å². The lowest BCUT2D eigenvalue weighted by Crippen LogP contribution is -2.37. The lowest BCUT2D eigenvalue weighted by molar-refractivity contribution is 0.0695. The van der Waals surface area contributed by atoms with Crippen LogP contribution in [-0.2, 0) is 6.54 Å². The summed E-state index contributed by atoms with van der Waals surface area (Å²) in [5, 5.41) is 14.3. The van der Waals surface area contributed by atoms with Gasteiger partial charge in [-0.3, -0.25) is 4.79 Å². The molecule has 2 aromatic carbocycles. The van der Waals surface area contributed by atoms with E-state index in [-0.39, 0.29) is 18.0 Å². The van der Waals surface area contributed by atoms with Crippen molar-refractivity contribution in [3.05, 3.63) is 65.2 Å². The Labute approximate surface area is 167 Å². The van der Waals surface area contributed by atoms with E-state index in [1.165, 1.54) is 12.1 Å². The van der Waals surface area contributed by atoms with Gasteiger partial charge >= 0.3 is 12.0 Å². The minimum atomic E-state index is -0.991. The van der Waals surface area contributed by atoms with Crippen LogP contribution in [0.5, 0.6) is 0 Å². The summed E-state index contributed by atoms with van der Waals surface area (Å²) in [5.74, 6) is 0.872. The molecule has 2 aromatic rings. The molecule has 0 bridgehead atoms. The number of thioether (sulfide) groups is 1. The molecular weight excluding hydrogens is 378 g/mol. The fourth-order valence-corrected chi connectivity index (χ4v) is 3.70. The van der Waals surface area contributed by atoms with Gasteiger partial charge in [0.1, 0.15) is 0 Å². The molecule has 1 aliphatic heterocycles. The van der Waals surface area contributed by atoms with Crippen LogP contribution in [0, 0.1) is 0 Å². The third-order valence-electron chi connectivity index (χ3n) is 4.32. The number of nitrogens with one attached hydrogen (secondary N) is 2. The number of carboxylic acids is 1. The van der Waals surface area contributed by atoms with Crippen LogP contribution in [0.15, 0.2) is 48.5 Å². The van der Waals surface area contributed by atoms with Crippen molar-refractivity contribution >= 4 is 35.4 Å². The number of nitrogens with zero attached hydrogens (tertiary/aromatic N) is 1. The van der Waals surface area contributed by atoms with Gasteiger partial charge < -0.3 is 20.6 Å². The monoisotopic (exact) mass is 399 g/mol. The molecule has 0 spiro atoms. The molecule has 1 heterocycles. The highest BCUT2D eigenvalue weighted by Crippen LogP contribution is 2.16. The molecule has 3 rings (SSSR count). The molecule has 28 heavy (non-hydrogen) atoms. The minimum Gasteiger partial charge on any atom is -0.478 e. The Morgan fingerprint density at radius 1 is 1.00 bits per heavy atom. The van der Waals surface area contributed by atoms with Crippen LogP contribution < -0.4 is 10.6 Å². The minimum absolute atomic E-state index is 0.0251. The number of aromatic carboxylic acids is 1. The van der Waals surface area contributed by atoms with Crippen molar-refractivity contribution < 1.29 is 19.5 Å². The summed E-state index contributed by atoms with van der Waals surface area (Å²) in [5.41, 5.74) is 2.07. The predicted octanol–water partition coefficient (Wildman–Crippen LogP) is 2.90. The largest absolute Gasteiger partial charge is 0.478 e. The lowest BCUT2D eigenvalue weighted by atomic mass is 10.1. The van der Waals surface area contributed by atoms with Gasteiger partial charge in [-0.05, 0) is 35.9 Å². The van der Waals surface area contributed by atoms with Gasteiger partial charge in [-0.25, -0.2) is 9.59 Å². The number of carboxylic acid groups (broad SMARTS) is 1. The fourth-order valence-electron chi connectivity index (χ4n) is 2.80. The van der Waals surface area contributed by atoms with E-state index in [2.05, 4.69) is 10.6 Å². The zero-order valence-corrected chi connectivity index (χ0v) is 16.0. The summed E-state index contributed by atoms with van der Waals surface area (Å²) in [6.45, 7) is 1.74. The van der Waals surface area contributed by atoms with Gasteiger partial charge in [-0.1, -0.05) is 18.2 Å². The van der Waals surface area contributed by atoms with Gasteiger partial charge in [0.05, 0.1) is 5.56 Å². The van der Waals surface area contributed by atoms with Crippen molar-refractivity contribution in [1.29, 1.82) is 0 Å². The van der Waals surface area contributed by atoms with Crippen molar-refractivity contribution in [2.75, 3.05) is 29.9 Å². The second kappa shape index (κ2) is 9.27. The van der Waals surface area contributed by atoms with Crippen molar-refractivity contribution in [2.45, 2.75) is 6.54 Å². The van der Waals surface area contributed by atoms with Crippen LogP contribution in [0.2, 0.25) is 0 Å². The normalized spacial score (nSPS) is 13.6. The maximum absolute atomic E-state index is 12.6. The Kier molecular flexibility index (Phi) is 6.54. The topological polar surface area (TPSA) is 98.7 Å². The van der Waals surface area contributed by atoms with Crippen LogP contribution in [0.4, 0.5) is 10.5 Å². The summed E-state index contributed by atoms with van der Waals surface area (Å²) in [6, 6.07) is 12.8. The third-order valence-corrected chi connectivity index (χ3v) is 5.26. The second-order valence-corrected chi connectivity index (χ2v) is 7.52. The summed E-state index contributed by atoms with van der Waals surface area (Å²) in [4.78, 5) is 37.4. The Balaban J connectivity index is 1.55. The average Bonchev–Trinajstić information content (AvgIpc) is 2.73. The van der Waals surface area contributed by atoms with Gasteiger partial charge in [-0.2, -0.15) is 11.8 Å². The molecule has 7 nitrogen and oxygen atoms in total. The first-order valence-corrected chi connectivity index (χ1v) is 10.0. The van der Waals surface area contributed by atoms with Crippen molar-refractivity contribution in [3.63, 3.8) is 0 Å². The molecule has 0 radical (unpaired) electrons. The Bertz CT molecular complexity index is 864. The summed E-state index contributed by atoms with van der Waals surface area (Å²) >= 11 is 1.84. The van der Waals surface area contributed by atoms with Crippen molar-refractivity contribution in [3.8, 4) is 0 Å². The molecule has 1 aliphatic rings. The van der Waals surface area contributed by atoms with E-state index < -0.39 is 12.0 Å². The molecule has 1 saturated heterocycles. The van der Waals surface area contributed by atoms with Gasteiger partial charge in [-0.15, -0.1) is 0 Å². The lowest BCUT2D eigenvalue weighted by Gasteiger charge is -2.26. The van der Waals surface area contributed by atoms with E-state index in [1.54, 1.807) is 36.4 Å². The maximum Gasteiger partial charge on any atom is 0.335 e. The van der Waals surface area contributed by atoms with Gasteiger partial charge in [0.25, 0.3) is 5.91 Å². The number of hydrogen-bond acceptors (Lipinski definition) is 4. The van der Waals surface area contributed by atoms with Crippen molar-refractivity contribution in [1.82, 2.24) is 10.2 Å². The number of benzene rings is 2. The van der Waals surface area contributed by atoms with Crippen molar-refractivity contribution in [2.24, 2.45) is 0 Å². The van der Waals surface area contributed by atoms with E-state index in [4.69, 9.17) is 5.11 Å². The van der Waals surface area contributed by atoms with Gasteiger partial charge in [0, 0.05) is 42.4 Å². The first-order valence-electron chi connectivity index (χ1n) is 8.87. The fraction of sp³-hybridized carbons (Fsp3) is 0.250. The smallest absolute Gasteiger partial charge is 0.335 e. The van der Waals surface area contributed by atoms with Gasteiger partial charge in [0.15, 0.2) is 0 Å². The molecular formula is C20H21N3O4S. The number of carbonyl (C=O) groups is 3. The summed E-state index contributed by atoms with van der Waals surface area (Å²) in [7, 11) is 0. The molecule has 0 aromatic heterocycles. The average molecular weight is 399 g/mol. The molecule has 146 valence electrons. The standard InChI is InChI=1S/C20H21N3O4S/c24-18(23-8-10-28-11-9-23)16-2-1-3-17(12-16)22-20(27)21-13-14-4-6-15(7-5-14)19(25)26/h1-7,12H,8-11,13H2,(H,25,26)(H2,21,22,27). The molecule has 3 N–H and O–H groups in total. The molecule has 0 unspecified atom stereocenters. The highest BCUT2D eigenvalue weighted by Gasteiger charge is 2.18. The molecule has 8 heteroatoms. The number of hydrogen-bond donors (Lipinski definition) is 3. The number of rotatable bonds is 5. The van der Waals surface area contributed by atoms with Crippen LogP contribution in [0.3, 0.4) is 0 Å². The summed E-state index contributed by atoms with van der Waals surface area (Å²) in [6.07, 6.45) is 0. The van der Waals surface area contributed by atoms with Crippen LogP contribution >= 0.6 is 11.8 Å².